The highest BCUT2D eigenvalue weighted by atomic mass is 19.2. The van der Waals surface area contributed by atoms with Gasteiger partial charge in [-0.05, 0) is 26.0 Å². The average Bonchev–Trinajstić information content (AvgIpc) is 2.87. The van der Waals surface area contributed by atoms with Crippen LogP contribution in [0.5, 0.6) is 5.75 Å². The van der Waals surface area contributed by atoms with Crippen molar-refractivity contribution in [1.29, 1.82) is 0 Å². The number of benzene rings is 1. The van der Waals surface area contributed by atoms with Gasteiger partial charge in [0.2, 0.25) is 5.78 Å². The molecular weight excluding hydrogens is 285 g/mol. The molecule has 1 heterocycles. The van der Waals surface area contributed by atoms with Crippen molar-refractivity contribution >= 4 is 5.78 Å². The minimum Gasteiger partial charge on any atom is -0.493 e. The summed E-state index contributed by atoms with van der Waals surface area (Å²) in [5.74, 6) is -4.98. The van der Waals surface area contributed by atoms with Crippen LogP contribution in [0.15, 0.2) is 18.3 Å². The van der Waals surface area contributed by atoms with E-state index in [1.165, 1.54) is 18.0 Å². The molecule has 0 fully saturated rings. The van der Waals surface area contributed by atoms with Crippen molar-refractivity contribution in [2.75, 3.05) is 7.11 Å². The minimum absolute atomic E-state index is 0.0536. The van der Waals surface area contributed by atoms with Crippen molar-refractivity contribution in [3.05, 3.63) is 47.0 Å². The standard InChI is InChI=1S/C14H13F3N2O2/c1-7(2)19-13(11(21-3)6-18-19)14(20)8-4-9(15)12(17)10(16)5-8/h4-7H,1-3H3. The lowest BCUT2D eigenvalue weighted by atomic mass is 10.1. The molecule has 0 bridgehead atoms. The number of ether oxygens (including phenoxy) is 1. The zero-order valence-corrected chi connectivity index (χ0v) is 11.7. The predicted molar refractivity (Wildman–Crippen MR) is 68.9 cm³/mol. The third kappa shape index (κ3) is 2.63. The second-order valence-electron chi connectivity index (χ2n) is 4.68. The Balaban J connectivity index is 2.57. The van der Waals surface area contributed by atoms with E-state index in [9.17, 15) is 18.0 Å². The third-order valence-corrected chi connectivity index (χ3v) is 2.93. The van der Waals surface area contributed by atoms with Crippen LogP contribution < -0.4 is 4.74 Å². The Labute approximate surface area is 119 Å². The number of halogens is 3. The van der Waals surface area contributed by atoms with Gasteiger partial charge in [0.05, 0.1) is 13.3 Å². The van der Waals surface area contributed by atoms with E-state index in [0.29, 0.717) is 12.1 Å². The van der Waals surface area contributed by atoms with Crippen LogP contribution in [0.25, 0.3) is 0 Å². The van der Waals surface area contributed by atoms with Crippen LogP contribution in [-0.4, -0.2) is 22.7 Å². The van der Waals surface area contributed by atoms with Crippen LogP contribution in [0, 0.1) is 17.5 Å². The molecule has 0 amide bonds. The molecular formula is C14H13F3N2O2. The largest absolute Gasteiger partial charge is 0.493 e. The Morgan fingerprint density at radius 2 is 1.81 bits per heavy atom. The summed E-state index contributed by atoms with van der Waals surface area (Å²) in [5, 5.41) is 4.00. The molecule has 1 aromatic carbocycles. The average molecular weight is 298 g/mol. The molecule has 0 atom stereocenters. The minimum atomic E-state index is -1.61. The molecule has 112 valence electrons. The van der Waals surface area contributed by atoms with Gasteiger partial charge in [-0.3, -0.25) is 9.48 Å². The van der Waals surface area contributed by atoms with E-state index in [4.69, 9.17) is 4.74 Å². The monoisotopic (exact) mass is 298 g/mol. The van der Waals surface area contributed by atoms with Gasteiger partial charge in [-0.2, -0.15) is 5.10 Å². The first-order valence-corrected chi connectivity index (χ1v) is 6.17. The van der Waals surface area contributed by atoms with E-state index in [2.05, 4.69) is 5.10 Å². The zero-order chi connectivity index (χ0) is 15.7. The van der Waals surface area contributed by atoms with Gasteiger partial charge in [-0.15, -0.1) is 0 Å². The maximum atomic E-state index is 13.3. The number of aromatic nitrogens is 2. The molecule has 1 aromatic heterocycles. The molecule has 2 aromatic rings. The smallest absolute Gasteiger partial charge is 0.215 e. The van der Waals surface area contributed by atoms with Gasteiger partial charge in [-0.1, -0.05) is 0 Å². The van der Waals surface area contributed by atoms with Gasteiger partial charge in [0.15, 0.2) is 28.9 Å². The van der Waals surface area contributed by atoms with Crippen LogP contribution in [0.1, 0.15) is 35.9 Å². The maximum Gasteiger partial charge on any atom is 0.215 e. The van der Waals surface area contributed by atoms with Gasteiger partial charge < -0.3 is 4.74 Å². The molecule has 0 N–H and O–H groups in total. The molecule has 0 radical (unpaired) electrons. The highest BCUT2D eigenvalue weighted by Gasteiger charge is 2.24. The third-order valence-electron chi connectivity index (χ3n) is 2.93. The summed E-state index contributed by atoms with van der Waals surface area (Å²) >= 11 is 0. The van der Waals surface area contributed by atoms with Gasteiger partial charge in [0, 0.05) is 11.6 Å². The number of ketones is 1. The summed E-state index contributed by atoms with van der Waals surface area (Å²) in [6, 6.07) is 1.14. The fourth-order valence-corrected chi connectivity index (χ4v) is 1.93. The Morgan fingerprint density at radius 3 is 2.29 bits per heavy atom. The second-order valence-corrected chi connectivity index (χ2v) is 4.68. The van der Waals surface area contributed by atoms with Crippen molar-refractivity contribution < 1.29 is 22.7 Å². The fourth-order valence-electron chi connectivity index (χ4n) is 1.93. The lowest BCUT2D eigenvalue weighted by Gasteiger charge is -2.11. The molecule has 2 rings (SSSR count). The molecule has 21 heavy (non-hydrogen) atoms. The van der Waals surface area contributed by atoms with E-state index in [1.807, 2.05) is 0 Å². The lowest BCUT2D eigenvalue weighted by molar-refractivity contribution is 0.102. The highest BCUT2D eigenvalue weighted by molar-refractivity contribution is 6.09. The van der Waals surface area contributed by atoms with E-state index in [1.54, 1.807) is 13.8 Å². The normalized spacial score (nSPS) is 11.0. The number of carbonyl (C=O) groups excluding carboxylic acids is 1. The number of carbonyl (C=O) groups is 1. The number of methoxy groups -OCH3 is 1. The van der Waals surface area contributed by atoms with Crippen molar-refractivity contribution in [2.24, 2.45) is 0 Å². The van der Waals surface area contributed by atoms with E-state index in [-0.39, 0.29) is 23.0 Å². The van der Waals surface area contributed by atoms with Crippen molar-refractivity contribution in [3.63, 3.8) is 0 Å². The zero-order valence-electron chi connectivity index (χ0n) is 11.7. The Kier molecular flexibility index (Phi) is 4.02. The van der Waals surface area contributed by atoms with Crippen molar-refractivity contribution in [2.45, 2.75) is 19.9 Å². The van der Waals surface area contributed by atoms with Crippen LogP contribution in [-0.2, 0) is 0 Å². The first-order valence-electron chi connectivity index (χ1n) is 6.17. The second kappa shape index (κ2) is 5.59. The number of hydrogen-bond acceptors (Lipinski definition) is 3. The van der Waals surface area contributed by atoms with Crippen LogP contribution >= 0.6 is 0 Å². The summed E-state index contributed by atoms with van der Waals surface area (Å²) in [5.41, 5.74) is -0.259. The quantitative estimate of drug-likeness (QED) is 0.643. The van der Waals surface area contributed by atoms with E-state index in [0.717, 1.165) is 0 Å². The van der Waals surface area contributed by atoms with Gasteiger partial charge in [-0.25, -0.2) is 13.2 Å². The van der Waals surface area contributed by atoms with Crippen molar-refractivity contribution in [3.8, 4) is 5.75 Å². The Bertz CT molecular complexity index is 673. The van der Waals surface area contributed by atoms with Crippen LogP contribution in [0.2, 0.25) is 0 Å². The topological polar surface area (TPSA) is 44.1 Å². The van der Waals surface area contributed by atoms with Crippen LogP contribution in [0.3, 0.4) is 0 Å². The maximum absolute atomic E-state index is 13.3. The van der Waals surface area contributed by atoms with Gasteiger partial charge in [0.25, 0.3) is 0 Å². The molecule has 4 nitrogen and oxygen atoms in total. The first kappa shape index (κ1) is 15.1. The lowest BCUT2D eigenvalue weighted by Crippen LogP contribution is -2.15. The van der Waals surface area contributed by atoms with Crippen LogP contribution in [0.4, 0.5) is 13.2 Å². The summed E-state index contributed by atoms with van der Waals surface area (Å²) < 4.78 is 45.9. The number of hydrogen-bond donors (Lipinski definition) is 0. The molecule has 0 aliphatic heterocycles. The van der Waals surface area contributed by atoms with Crippen molar-refractivity contribution in [1.82, 2.24) is 9.78 Å². The van der Waals surface area contributed by atoms with E-state index >= 15 is 0 Å². The summed E-state index contributed by atoms with van der Waals surface area (Å²) in [6.07, 6.45) is 1.34. The molecule has 7 heteroatoms. The number of nitrogens with zero attached hydrogens (tertiary/aromatic N) is 2. The molecule has 0 unspecified atom stereocenters. The van der Waals surface area contributed by atoms with Gasteiger partial charge >= 0.3 is 0 Å². The predicted octanol–water partition coefficient (Wildman–Crippen LogP) is 3.12. The summed E-state index contributed by atoms with van der Waals surface area (Å²) in [7, 11) is 1.35. The molecule has 0 aliphatic carbocycles. The van der Waals surface area contributed by atoms with E-state index < -0.39 is 23.2 Å². The molecule has 0 aliphatic rings. The van der Waals surface area contributed by atoms with Gasteiger partial charge in [0.1, 0.15) is 0 Å². The first-order chi connectivity index (χ1) is 9.86. The highest BCUT2D eigenvalue weighted by Crippen LogP contribution is 2.25. The fraction of sp³-hybridized carbons (Fsp3) is 0.286. The number of rotatable bonds is 4. The Morgan fingerprint density at radius 1 is 1.24 bits per heavy atom. The Hall–Kier alpha value is -2.31. The molecule has 0 saturated heterocycles. The summed E-state index contributed by atoms with van der Waals surface area (Å²) in [6.45, 7) is 3.57. The SMILES string of the molecule is COc1cnn(C(C)C)c1C(=O)c1cc(F)c(F)c(F)c1. The molecule has 0 saturated carbocycles. The molecule has 0 spiro atoms. The summed E-state index contributed by atoms with van der Waals surface area (Å²) in [4.78, 5) is 12.4.